The van der Waals surface area contributed by atoms with Gasteiger partial charge in [0.05, 0.1) is 7.11 Å². The zero-order valence-corrected chi connectivity index (χ0v) is 12.9. The van der Waals surface area contributed by atoms with Crippen molar-refractivity contribution in [3.63, 3.8) is 0 Å². The smallest absolute Gasteiger partial charge is 0.408 e. The number of alkyl carbamates (subject to hydrolysis) is 1. The Kier molecular flexibility index (Phi) is 5.18. The highest BCUT2D eigenvalue weighted by Gasteiger charge is 2.27. The van der Waals surface area contributed by atoms with Crippen LogP contribution < -0.4 is 5.32 Å². The predicted molar refractivity (Wildman–Crippen MR) is 77.0 cm³/mol. The summed E-state index contributed by atoms with van der Waals surface area (Å²) in [6.45, 7) is 6.91. The zero-order chi connectivity index (χ0) is 16.2. The first-order chi connectivity index (χ1) is 9.64. The average molecular weight is 295 g/mol. The van der Waals surface area contributed by atoms with Crippen molar-refractivity contribution in [1.82, 2.24) is 5.32 Å². The largest absolute Gasteiger partial charge is 0.508 e. The number of phenolic OH excluding ortho intramolecular Hbond substituents is 1. The molecule has 0 saturated heterocycles. The van der Waals surface area contributed by atoms with E-state index in [1.807, 2.05) is 0 Å². The number of aromatic hydroxyl groups is 1. The number of phenols is 1. The van der Waals surface area contributed by atoms with Crippen LogP contribution in [0.25, 0.3) is 0 Å². The van der Waals surface area contributed by atoms with Crippen LogP contribution in [0.1, 0.15) is 37.9 Å². The Hall–Kier alpha value is -2.24. The maximum atomic E-state index is 11.9. The minimum atomic E-state index is -0.995. The molecule has 1 atom stereocenters. The average Bonchev–Trinajstić information content (AvgIpc) is 2.33. The number of methoxy groups -OCH3 is 1. The topological polar surface area (TPSA) is 84.9 Å². The first-order valence-corrected chi connectivity index (χ1v) is 6.51. The zero-order valence-electron chi connectivity index (χ0n) is 12.9. The molecular weight excluding hydrogens is 274 g/mol. The standard InChI is InChI=1S/C15H21NO5/c1-9-8-10(17)6-7-11(9)12(13(18)20-5)16-14(19)21-15(2,3)4/h6-8,12,17H,1-5H3,(H,16,19). The molecule has 0 aromatic heterocycles. The molecule has 0 bridgehead atoms. The van der Waals surface area contributed by atoms with Gasteiger partial charge in [-0.05, 0) is 51.0 Å². The lowest BCUT2D eigenvalue weighted by atomic mass is 10.0. The Morgan fingerprint density at radius 2 is 1.90 bits per heavy atom. The number of rotatable bonds is 3. The summed E-state index contributed by atoms with van der Waals surface area (Å²) < 4.78 is 9.85. The molecule has 1 amide bonds. The third kappa shape index (κ3) is 4.98. The molecular formula is C15H21NO5. The second kappa shape index (κ2) is 6.47. The van der Waals surface area contributed by atoms with Crippen molar-refractivity contribution >= 4 is 12.1 Å². The quantitative estimate of drug-likeness (QED) is 0.837. The van der Waals surface area contributed by atoms with Crippen molar-refractivity contribution in [2.75, 3.05) is 7.11 Å². The van der Waals surface area contributed by atoms with Gasteiger partial charge in [-0.2, -0.15) is 0 Å². The molecule has 6 nitrogen and oxygen atoms in total. The van der Waals surface area contributed by atoms with Crippen LogP contribution in [0.4, 0.5) is 4.79 Å². The molecule has 1 aromatic carbocycles. The number of ether oxygens (including phenoxy) is 2. The summed E-state index contributed by atoms with van der Waals surface area (Å²) in [6.07, 6.45) is -0.717. The number of amides is 1. The van der Waals surface area contributed by atoms with Gasteiger partial charge in [0.25, 0.3) is 0 Å². The van der Waals surface area contributed by atoms with Crippen LogP contribution in [0.15, 0.2) is 18.2 Å². The van der Waals surface area contributed by atoms with E-state index in [0.717, 1.165) is 0 Å². The lowest BCUT2D eigenvalue weighted by molar-refractivity contribution is -0.143. The van der Waals surface area contributed by atoms with Gasteiger partial charge in [0.1, 0.15) is 11.4 Å². The van der Waals surface area contributed by atoms with E-state index in [4.69, 9.17) is 9.47 Å². The predicted octanol–water partition coefficient (Wildman–Crippen LogP) is 2.44. The Bertz CT molecular complexity index is 533. The molecule has 0 aliphatic carbocycles. The normalized spacial score (nSPS) is 12.4. The fourth-order valence-corrected chi connectivity index (χ4v) is 1.79. The van der Waals surface area contributed by atoms with E-state index in [1.54, 1.807) is 33.8 Å². The van der Waals surface area contributed by atoms with Gasteiger partial charge in [0, 0.05) is 0 Å². The van der Waals surface area contributed by atoms with Gasteiger partial charge in [-0.3, -0.25) is 0 Å². The first-order valence-electron chi connectivity index (χ1n) is 6.51. The molecule has 6 heteroatoms. The van der Waals surface area contributed by atoms with Crippen molar-refractivity contribution in [3.8, 4) is 5.75 Å². The Morgan fingerprint density at radius 3 is 2.38 bits per heavy atom. The van der Waals surface area contributed by atoms with E-state index < -0.39 is 23.7 Å². The van der Waals surface area contributed by atoms with Gasteiger partial charge in [-0.1, -0.05) is 6.07 Å². The van der Waals surface area contributed by atoms with Crippen LogP contribution in [0.5, 0.6) is 5.75 Å². The Morgan fingerprint density at radius 1 is 1.29 bits per heavy atom. The summed E-state index contributed by atoms with van der Waals surface area (Å²) in [5, 5.41) is 11.9. The van der Waals surface area contributed by atoms with Gasteiger partial charge in [-0.25, -0.2) is 9.59 Å². The summed E-state index contributed by atoms with van der Waals surface area (Å²) in [7, 11) is 1.24. The highest BCUT2D eigenvalue weighted by Crippen LogP contribution is 2.23. The van der Waals surface area contributed by atoms with Crippen molar-refractivity contribution in [2.45, 2.75) is 39.3 Å². The van der Waals surface area contributed by atoms with Crippen molar-refractivity contribution in [1.29, 1.82) is 0 Å². The second-order valence-corrected chi connectivity index (χ2v) is 5.64. The molecule has 0 saturated carbocycles. The van der Waals surface area contributed by atoms with Crippen LogP contribution in [-0.4, -0.2) is 29.9 Å². The summed E-state index contributed by atoms with van der Waals surface area (Å²) in [4.78, 5) is 23.7. The number of hydrogen-bond donors (Lipinski definition) is 2. The molecule has 0 fully saturated rings. The summed E-state index contributed by atoms with van der Waals surface area (Å²) in [6, 6.07) is 3.51. The van der Waals surface area contributed by atoms with E-state index in [2.05, 4.69) is 5.32 Å². The second-order valence-electron chi connectivity index (χ2n) is 5.64. The molecule has 0 heterocycles. The van der Waals surface area contributed by atoms with Crippen LogP contribution in [0.2, 0.25) is 0 Å². The minimum Gasteiger partial charge on any atom is -0.508 e. The monoisotopic (exact) mass is 295 g/mol. The van der Waals surface area contributed by atoms with E-state index in [9.17, 15) is 14.7 Å². The van der Waals surface area contributed by atoms with Gasteiger partial charge in [0.15, 0.2) is 6.04 Å². The third-order valence-electron chi connectivity index (χ3n) is 2.66. The van der Waals surface area contributed by atoms with Gasteiger partial charge < -0.3 is 19.9 Å². The number of carbonyl (C=O) groups is 2. The highest BCUT2D eigenvalue weighted by molar-refractivity contribution is 5.83. The van der Waals surface area contributed by atoms with Gasteiger partial charge >= 0.3 is 12.1 Å². The lowest BCUT2D eigenvalue weighted by Crippen LogP contribution is -2.38. The van der Waals surface area contributed by atoms with Crippen molar-refractivity contribution < 1.29 is 24.2 Å². The van der Waals surface area contributed by atoms with Crippen molar-refractivity contribution in [2.24, 2.45) is 0 Å². The van der Waals surface area contributed by atoms with Crippen LogP contribution in [0, 0.1) is 6.92 Å². The lowest BCUT2D eigenvalue weighted by Gasteiger charge is -2.23. The molecule has 0 aliphatic rings. The molecule has 1 unspecified atom stereocenters. The summed E-state index contributed by atoms with van der Waals surface area (Å²) in [5.74, 6) is -0.535. The van der Waals surface area contributed by atoms with E-state index in [0.29, 0.717) is 11.1 Å². The Labute approximate surface area is 124 Å². The molecule has 21 heavy (non-hydrogen) atoms. The first kappa shape index (κ1) is 16.8. The SMILES string of the molecule is COC(=O)C(NC(=O)OC(C)(C)C)c1ccc(O)cc1C. The number of aryl methyl sites for hydroxylation is 1. The maximum absolute atomic E-state index is 11.9. The minimum absolute atomic E-state index is 0.0807. The van der Waals surface area contributed by atoms with Gasteiger partial charge in [0.2, 0.25) is 0 Å². The van der Waals surface area contributed by atoms with E-state index in [-0.39, 0.29) is 5.75 Å². The molecule has 1 rings (SSSR count). The Balaban J connectivity index is 3.01. The molecule has 0 radical (unpaired) electrons. The number of carbonyl (C=O) groups excluding carboxylic acids is 2. The molecule has 1 aromatic rings. The summed E-state index contributed by atoms with van der Waals surface area (Å²) in [5.41, 5.74) is 0.515. The maximum Gasteiger partial charge on any atom is 0.408 e. The number of hydrogen-bond acceptors (Lipinski definition) is 5. The third-order valence-corrected chi connectivity index (χ3v) is 2.66. The molecule has 0 spiro atoms. The molecule has 2 N–H and O–H groups in total. The van der Waals surface area contributed by atoms with Crippen LogP contribution in [0.3, 0.4) is 0 Å². The van der Waals surface area contributed by atoms with Crippen LogP contribution in [-0.2, 0) is 14.3 Å². The fourth-order valence-electron chi connectivity index (χ4n) is 1.79. The fraction of sp³-hybridized carbons (Fsp3) is 0.467. The van der Waals surface area contributed by atoms with E-state index in [1.165, 1.54) is 19.2 Å². The van der Waals surface area contributed by atoms with E-state index >= 15 is 0 Å². The molecule has 116 valence electrons. The number of nitrogens with one attached hydrogen (secondary N) is 1. The van der Waals surface area contributed by atoms with Crippen LogP contribution >= 0.6 is 0 Å². The number of esters is 1. The van der Waals surface area contributed by atoms with Crippen molar-refractivity contribution in [3.05, 3.63) is 29.3 Å². The number of benzene rings is 1. The molecule has 0 aliphatic heterocycles. The van der Waals surface area contributed by atoms with Gasteiger partial charge in [-0.15, -0.1) is 0 Å². The highest BCUT2D eigenvalue weighted by atomic mass is 16.6. The summed E-state index contributed by atoms with van der Waals surface area (Å²) >= 11 is 0.